The van der Waals surface area contributed by atoms with Gasteiger partial charge in [-0.2, -0.15) is 0 Å². The Morgan fingerprint density at radius 2 is 1.74 bits per heavy atom. The first-order chi connectivity index (χ1) is 13.0. The van der Waals surface area contributed by atoms with E-state index < -0.39 is 0 Å². The molecule has 0 unspecified atom stereocenters. The minimum Gasteiger partial charge on any atom is -0.344 e. The third-order valence-corrected chi connectivity index (χ3v) is 5.75. The van der Waals surface area contributed by atoms with Crippen LogP contribution in [0.3, 0.4) is 0 Å². The van der Waals surface area contributed by atoms with Gasteiger partial charge in [0.25, 0.3) is 0 Å². The molecule has 6 heteroatoms. The quantitative estimate of drug-likeness (QED) is 0.823. The smallest absolute Gasteiger partial charge is 0.317 e. The molecule has 2 aromatic rings. The Bertz CT molecular complexity index is 738. The number of nitrogens with zero attached hydrogens (tertiary/aromatic N) is 1. The zero-order valence-electron chi connectivity index (χ0n) is 15.9. The van der Waals surface area contributed by atoms with Gasteiger partial charge in [-0.15, -0.1) is 11.3 Å². The normalized spacial score (nSPS) is 16.2. The average molecular weight is 386 g/mol. The molecule has 0 spiro atoms. The van der Waals surface area contributed by atoms with Crippen LogP contribution in [0.4, 0.5) is 4.79 Å². The lowest BCUT2D eigenvalue weighted by Gasteiger charge is -2.32. The third kappa shape index (κ3) is 5.10. The van der Waals surface area contributed by atoms with E-state index >= 15 is 0 Å². The van der Waals surface area contributed by atoms with Crippen molar-refractivity contribution in [2.75, 3.05) is 13.1 Å². The highest BCUT2D eigenvalue weighted by Crippen LogP contribution is 2.27. The Hall–Kier alpha value is -2.34. The molecule has 1 aromatic carbocycles. The molecule has 5 nitrogen and oxygen atoms in total. The number of hydrogen-bond acceptors (Lipinski definition) is 3. The predicted molar refractivity (Wildman–Crippen MR) is 109 cm³/mol. The van der Waals surface area contributed by atoms with Crippen molar-refractivity contribution in [3.05, 3.63) is 58.3 Å². The zero-order chi connectivity index (χ0) is 19.2. The lowest BCUT2D eigenvalue weighted by atomic mass is 9.95. The fourth-order valence-electron chi connectivity index (χ4n) is 3.36. The molecule has 0 radical (unpaired) electrons. The van der Waals surface area contributed by atoms with Gasteiger partial charge in [0, 0.05) is 29.9 Å². The van der Waals surface area contributed by atoms with E-state index in [4.69, 9.17) is 0 Å². The first-order valence-corrected chi connectivity index (χ1v) is 10.4. The summed E-state index contributed by atoms with van der Waals surface area (Å²) in [4.78, 5) is 28.0. The van der Waals surface area contributed by atoms with E-state index in [0.29, 0.717) is 25.9 Å². The van der Waals surface area contributed by atoms with Gasteiger partial charge in [0.15, 0.2) is 0 Å². The van der Waals surface area contributed by atoms with Crippen LogP contribution in [0.2, 0.25) is 0 Å². The summed E-state index contributed by atoms with van der Waals surface area (Å²) in [6.45, 7) is 5.13. The number of amides is 3. The predicted octanol–water partition coefficient (Wildman–Crippen LogP) is 3.78. The van der Waals surface area contributed by atoms with Crippen molar-refractivity contribution < 1.29 is 9.59 Å². The van der Waals surface area contributed by atoms with Crippen LogP contribution in [-0.4, -0.2) is 36.0 Å². The van der Waals surface area contributed by atoms with Crippen LogP contribution in [0.5, 0.6) is 0 Å². The largest absolute Gasteiger partial charge is 0.344 e. The van der Waals surface area contributed by atoms with E-state index in [0.717, 1.165) is 10.4 Å². The van der Waals surface area contributed by atoms with Gasteiger partial charge in [0.2, 0.25) is 5.91 Å². The lowest BCUT2D eigenvalue weighted by molar-refractivity contribution is -0.126. The molecule has 1 aliphatic heterocycles. The number of piperidine rings is 1. The van der Waals surface area contributed by atoms with Crippen molar-refractivity contribution in [1.29, 1.82) is 0 Å². The van der Waals surface area contributed by atoms with Gasteiger partial charge in [0.05, 0.1) is 6.04 Å². The van der Waals surface area contributed by atoms with E-state index in [2.05, 4.69) is 16.7 Å². The van der Waals surface area contributed by atoms with Gasteiger partial charge in [-0.1, -0.05) is 36.4 Å². The van der Waals surface area contributed by atoms with E-state index in [1.165, 1.54) is 0 Å². The average Bonchev–Trinajstić information content (AvgIpc) is 3.20. The van der Waals surface area contributed by atoms with Gasteiger partial charge in [0.1, 0.15) is 0 Å². The fourth-order valence-corrected chi connectivity index (χ4v) is 4.17. The Labute approximate surface area is 164 Å². The first kappa shape index (κ1) is 19.4. The maximum Gasteiger partial charge on any atom is 0.317 e. The fraction of sp³-hybridized carbons (Fsp3) is 0.429. The molecule has 1 atom stereocenters. The van der Waals surface area contributed by atoms with Crippen molar-refractivity contribution >= 4 is 23.3 Å². The molecule has 0 aliphatic carbocycles. The molecule has 3 rings (SSSR count). The highest BCUT2D eigenvalue weighted by Gasteiger charge is 2.29. The summed E-state index contributed by atoms with van der Waals surface area (Å²) in [6.07, 6.45) is 1.40. The Morgan fingerprint density at radius 1 is 1.04 bits per heavy atom. The van der Waals surface area contributed by atoms with E-state index in [-0.39, 0.29) is 29.9 Å². The lowest BCUT2D eigenvalue weighted by Crippen LogP contribution is -2.48. The summed E-state index contributed by atoms with van der Waals surface area (Å²) in [7, 11) is 0. The van der Waals surface area contributed by atoms with Gasteiger partial charge in [-0.05, 0) is 43.7 Å². The number of benzene rings is 1. The second-order valence-electron chi connectivity index (χ2n) is 7.23. The number of hydrogen-bond donors (Lipinski definition) is 2. The van der Waals surface area contributed by atoms with Gasteiger partial charge in [-0.3, -0.25) is 4.79 Å². The van der Waals surface area contributed by atoms with Gasteiger partial charge >= 0.3 is 6.03 Å². The maximum atomic E-state index is 12.9. The van der Waals surface area contributed by atoms with Crippen LogP contribution in [0, 0.1) is 5.92 Å². The number of carbonyl (C=O) groups is 2. The highest BCUT2D eigenvalue weighted by atomic mass is 32.1. The molecule has 0 bridgehead atoms. The molecular weight excluding hydrogens is 358 g/mol. The van der Waals surface area contributed by atoms with Crippen LogP contribution in [-0.2, 0) is 4.79 Å². The van der Waals surface area contributed by atoms with Crippen LogP contribution in [0.15, 0.2) is 47.8 Å². The standard InChI is InChI=1S/C21H27N3O2S/c1-15(2)22-21(26)24-12-10-17(11-13-24)20(25)23-19(18-9-6-14-27-18)16-7-4-3-5-8-16/h3-9,14-15,17,19H,10-13H2,1-2H3,(H,22,26)(H,23,25)/t19-/m1/s1. The summed E-state index contributed by atoms with van der Waals surface area (Å²) in [6, 6.07) is 14.1. The van der Waals surface area contributed by atoms with Crippen LogP contribution in [0.1, 0.15) is 43.2 Å². The van der Waals surface area contributed by atoms with Crippen molar-refractivity contribution in [3.8, 4) is 0 Å². The molecule has 3 amide bonds. The topological polar surface area (TPSA) is 61.4 Å². The van der Waals surface area contributed by atoms with Crippen molar-refractivity contribution in [3.63, 3.8) is 0 Å². The van der Waals surface area contributed by atoms with E-state index in [1.807, 2.05) is 55.6 Å². The van der Waals surface area contributed by atoms with Crippen LogP contribution >= 0.6 is 11.3 Å². The molecule has 0 saturated carbocycles. The SMILES string of the molecule is CC(C)NC(=O)N1CCC(C(=O)N[C@H](c2ccccc2)c2cccs2)CC1. The van der Waals surface area contributed by atoms with Crippen molar-refractivity contribution in [2.24, 2.45) is 5.92 Å². The molecule has 27 heavy (non-hydrogen) atoms. The summed E-state index contributed by atoms with van der Waals surface area (Å²) in [5, 5.41) is 8.18. The molecule has 1 saturated heterocycles. The second kappa shape index (κ2) is 9.04. The number of carbonyl (C=O) groups excluding carboxylic acids is 2. The van der Waals surface area contributed by atoms with E-state index in [9.17, 15) is 9.59 Å². The Balaban J connectivity index is 1.61. The minimum absolute atomic E-state index is 0.0374. The first-order valence-electron chi connectivity index (χ1n) is 9.48. The molecule has 2 N–H and O–H groups in total. The summed E-state index contributed by atoms with van der Waals surface area (Å²) in [5.74, 6) is 0.0143. The number of urea groups is 1. The Kier molecular flexibility index (Phi) is 6.50. The van der Waals surface area contributed by atoms with Gasteiger partial charge < -0.3 is 15.5 Å². The molecule has 1 aliphatic rings. The molecule has 1 aromatic heterocycles. The monoisotopic (exact) mass is 385 g/mol. The van der Waals surface area contributed by atoms with E-state index in [1.54, 1.807) is 16.2 Å². The van der Waals surface area contributed by atoms with Gasteiger partial charge in [-0.25, -0.2) is 4.79 Å². The highest BCUT2D eigenvalue weighted by molar-refractivity contribution is 7.10. The summed E-state index contributed by atoms with van der Waals surface area (Å²) in [5.41, 5.74) is 1.09. The zero-order valence-corrected chi connectivity index (χ0v) is 16.7. The number of thiophene rings is 1. The summed E-state index contributed by atoms with van der Waals surface area (Å²) >= 11 is 1.65. The van der Waals surface area contributed by atoms with Crippen LogP contribution < -0.4 is 10.6 Å². The number of nitrogens with one attached hydrogen (secondary N) is 2. The molecule has 144 valence electrons. The molecule has 1 fully saturated rings. The molecule has 2 heterocycles. The maximum absolute atomic E-state index is 12.9. The molecular formula is C21H27N3O2S. The number of likely N-dealkylation sites (tertiary alicyclic amines) is 1. The third-order valence-electron chi connectivity index (χ3n) is 4.81. The van der Waals surface area contributed by atoms with Crippen molar-refractivity contribution in [2.45, 2.75) is 38.8 Å². The second-order valence-corrected chi connectivity index (χ2v) is 8.21. The number of rotatable bonds is 5. The minimum atomic E-state index is -0.124. The summed E-state index contributed by atoms with van der Waals surface area (Å²) < 4.78 is 0. The van der Waals surface area contributed by atoms with Crippen molar-refractivity contribution in [1.82, 2.24) is 15.5 Å². The van der Waals surface area contributed by atoms with Crippen LogP contribution in [0.25, 0.3) is 0 Å². The Morgan fingerprint density at radius 3 is 2.33 bits per heavy atom.